The van der Waals surface area contributed by atoms with Crippen molar-refractivity contribution in [2.45, 2.75) is 19.8 Å². The van der Waals surface area contributed by atoms with Crippen molar-refractivity contribution in [3.8, 4) is 5.75 Å². The maximum atomic E-state index is 11.9. The second-order valence-electron chi connectivity index (χ2n) is 4.04. The van der Waals surface area contributed by atoms with Gasteiger partial charge in [0.15, 0.2) is 5.78 Å². The highest BCUT2D eigenvalue weighted by Crippen LogP contribution is 2.29. The van der Waals surface area contributed by atoms with Gasteiger partial charge in [0.1, 0.15) is 5.75 Å². The molecule has 1 aromatic carbocycles. The summed E-state index contributed by atoms with van der Waals surface area (Å²) in [5.74, 6) is 0.756. The van der Waals surface area contributed by atoms with Gasteiger partial charge in [0.2, 0.25) is 0 Å². The largest absolute Gasteiger partial charge is 0.497 e. The van der Waals surface area contributed by atoms with Crippen molar-refractivity contribution in [3.05, 3.63) is 35.0 Å². The minimum Gasteiger partial charge on any atom is -0.497 e. The monoisotopic (exact) mass is 263 g/mol. The Kier molecular flexibility index (Phi) is 3.82. The molecule has 4 heteroatoms. The number of pyridine rings is 1. The Morgan fingerprint density at radius 2 is 2.22 bits per heavy atom. The molecule has 0 spiro atoms. The molecule has 1 aromatic heterocycles. The van der Waals surface area contributed by atoms with E-state index in [1.807, 2.05) is 19.1 Å². The first-order valence-corrected chi connectivity index (χ1v) is 6.20. The lowest BCUT2D eigenvalue weighted by Gasteiger charge is -2.07. The van der Waals surface area contributed by atoms with E-state index in [0.29, 0.717) is 17.0 Å². The van der Waals surface area contributed by atoms with Gasteiger partial charge in [0.25, 0.3) is 0 Å². The van der Waals surface area contributed by atoms with Crippen LogP contribution in [0.5, 0.6) is 5.75 Å². The number of benzene rings is 1. The zero-order valence-corrected chi connectivity index (χ0v) is 11.1. The molecule has 18 heavy (non-hydrogen) atoms. The molecule has 0 N–H and O–H groups in total. The predicted molar refractivity (Wildman–Crippen MR) is 72.5 cm³/mol. The molecule has 0 saturated carbocycles. The summed E-state index contributed by atoms with van der Waals surface area (Å²) in [6.45, 7) is 1.96. The molecule has 0 aliphatic rings. The summed E-state index contributed by atoms with van der Waals surface area (Å²) in [7, 11) is 1.60. The quantitative estimate of drug-likeness (QED) is 0.786. The number of halogens is 1. The first kappa shape index (κ1) is 12.8. The first-order valence-electron chi connectivity index (χ1n) is 5.82. The van der Waals surface area contributed by atoms with E-state index in [9.17, 15) is 4.79 Å². The van der Waals surface area contributed by atoms with Crippen molar-refractivity contribution < 1.29 is 9.53 Å². The Labute approximate surface area is 111 Å². The molecule has 0 saturated heterocycles. The van der Waals surface area contributed by atoms with Crippen LogP contribution in [0.1, 0.15) is 30.1 Å². The van der Waals surface area contributed by atoms with Crippen molar-refractivity contribution in [2.75, 3.05) is 7.11 Å². The van der Waals surface area contributed by atoms with Crippen molar-refractivity contribution in [1.29, 1.82) is 0 Å². The molecule has 94 valence electrons. The number of ether oxygens (including phenoxy) is 1. The maximum Gasteiger partial charge on any atom is 0.165 e. The standard InChI is InChI=1S/C14H14ClNO2/c1-3-4-13(17)11-8-16-12-7-9(18-2)5-6-10(12)14(11)15/h5-8H,3-4H2,1-2H3. The van der Waals surface area contributed by atoms with Gasteiger partial charge in [0, 0.05) is 24.1 Å². The number of methoxy groups -OCH3 is 1. The second kappa shape index (κ2) is 5.36. The van der Waals surface area contributed by atoms with Crippen LogP contribution in [0.25, 0.3) is 10.9 Å². The third-order valence-corrected chi connectivity index (χ3v) is 3.20. The number of rotatable bonds is 4. The molecule has 0 amide bonds. The zero-order chi connectivity index (χ0) is 13.1. The first-order chi connectivity index (χ1) is 8.67. The topological polar surface area (TPSA) is 39.2 Å². The average Bonchev–Trinajstić information content (AvgIpc) is 2.38. The van der Waals surface area contributed by atoms with E-state index in [2.05, 4.69) is 4.98 Å². The van der Waals surface area contributed by atoms with E-state index in [4.69, 9.17) is 16.3 Å². The Hall–Kier alpha value is -1.61. The van der Waals surface area contributed by atoms with Gasteiger partial charge in [-0.05, 0) is 18.6 Å². The summed E-state index contributed by atoms with van der Waals surface area (Å²) in [6.07, 6.45) is 2.83. The molecule has 2 rings (SSSR count). The molecule has 0 aliphatic heterocycles. The summed E-state index contributed by atoms with van der Waals surface area (Å²) in [4.78, 5) is 16.2. The van der Waals surface area contributed by atoms with Crippen molar-refractivity contribution >= 4 is 28.3 Å². The molecule has 0 radical (unpaired) electrons. The van der Waals surface area contributed by atoms with Crippen LogP contribution in [0, 0.1) is 0 Å². The van der Waals surface area contributed by atoms with Crippen molar-refractivity contribution in [3.63, 3.8) is 0 Å². The number of aromatic nitrogens is 1. The lowest BCUT2D eigenvalue weighted by atomic mass is 10.1. The van der Waals surface area contributed by atoms with E-state index >= 15 is 0 Å². The van der Waals surface area contributed by atoms with Gasteiger partial charge in [-0.3, -0.25) is 9.78 Å². The molecule has 0 bridgehead atoms. The fourth-order valence-electron chi connectivity index (χ4n) is 1.82. The summed E-state index contributed by atoms with van der Waals surface area (Å²) in [5.41, 5.74) is 1.23. The summed E-state index contributed by atoms with van der Waals surface area (Å²) < 4.78 is 5.13. The van der Waals surface area contributed by atoms with E-state index in [-0.39, 0.29) is 5.78 Å². The van der Waals surface area contributed by atoms with Crippen LogP contribution in [0.2, 0.25) is 5.02 Å². The van der Waals surface area contributed by atoms with Gasteiger partial charge in [-0.2, -0.15) is 0 Å². The average molecular weight is 264 g/mol. The third kappa shape index (κ3) is 2.31. The molecule has 0 unspecified atom stereocenters. The molecular formula is C14H14ClNO2. The molecular weight excluding hydrogens is 250 g/mol. The van der Waals surface area contributed by atoms with Crippen LogP contribution in [-0.4, -0.2) is 17.9 Å². The summed E-state index contributed by atoms with van der Waals surface area (Å²) in [5, 5.41) is 1.25. The van der Waals surface area contributed by atoms with Gasteiger partial charge >= 0.3 is 0 Å². The molecule has 0 aliphatic carbocycles. The SMILES string of the molecule is CCCC(=O)c1cnc2cc(OC)ccc2c1Cl. The minimum atomic E-state index is 0.0349. The van der Waals surface area contributed by atoms with Crippen LogP contribution < -0.4 is 4.74 Å². The minimum absolute atomic E-state index is 0.0349. The zero-order valence-electron chi connectivity index (χ0n) is 10.4. The number of Topliss-reactive ketones (excluding diaryl/α,β-unsaturated/α-hetero) is 1. The van der Waals surface area contributed by atoms with Crippen LogP contribution in [-0.2, 0) is 0 Å². The smallest absolute Gasteiger partial charge is 0.165 e. The Morgan fingerprint density at radius 3 is 2.89 bits per heavy atom. The third-order valence-electron chi connectivity index (χ3n) is 2.79. The summed E-state index contributed by atoms with van der Waals surface area (Å²) >= 11 is 6.27. The number of ketones is 1. The molecule has 0 atom stereocenters. The normalized spacial score (nSPS) is 10.6. The maximum absolute atomic E-state index is 11.9. The Bertz CT molecular complexity index is 596. The lowest BCUT2D eigenvalue weighted by Crippen LogP contribution is -2.00. The van der Waals surface area contributed by atoms with Crippen LogP contribution >= 0.6 is 11.6 Å². The fourth-order valence-corrected chi connectivity index (χ4v) is 2.14. The lowest BCUT2D eigenvalue weighted by molar-refractivity contribution is 0.0981. The Morgan fingerprint density at radius 1 is 1.44 bits per heavy atom. The fraction of sp³-hybridized carbons (Fsp3) is 0.286. The van der Waals surface area contributed by atoms with E-state index in [1.54, 1.807) is 19.4 Å². The van der Waals surface area contributed by atoms with Crippen molar-refractivity contribution in [2.24, 2.45) is 0 Å². The summed E-state index contributed by atoms with van der Waals surface area (Å²) in [6, 6.07) is 5.44. The van der Waals surface area contributed by atoms with Gasteiger partial charge in [-0.25, -0.2) is 0 Å². The van der Waals surface area contributed by atoms with Gasteiger partial charge < -0.3 is 4.74 Å². The van der Waals surface area contributed by atoms with E-state index in [1.165, 1.54) is 0 Å². The van der Waals surface area contributed by atoms with Gasteiger partial charge in [0.05, 0.1) is 23.2 Å². The highest BCUT2D eigenvalue weighted by Gasteiger charge is 2.13. The van der Waals surface area contributed by atoms with E-state index in [0.717, 1.165) is 23.1 Å². The van der Waals surface area contributed by atoms with Crippen LogP contribution in [0.4, 0.5) is 0 Å². The van der Waals surface area contributed by atoms with Crippen LogP contribution in [0.15, 0.2) is 24.4 Å². The number of carbonyl (C=O) groups excluding carboxylic acids is 1. The van der Waals surface area contributed by atoms with E-state index < -0.39 is 0 Å². The Balaban J connectivity index is 2.54. The second-order valence-corrected chi connectivity index (χ2v) is 4.42. The van der Waals surface area contributed by atoms with Gasteiger partial charge in [-0.1, -0.05) is 18.5 Å². The molecule has 2 aromatic rings. The number of fused-ring (bicyclic) bond motifs is 1. The number of carbonyl (C=O) groups is 1. The molecule has 1 heterocycles. The van der Waals surface area contributed by atoms with Gasteiger partial charge in [-0.15, -0.1) is 0 Å². The highest BCUT2D eigenvalue weighted by molar-refractivity contribution is 6.38. The molecule has 0 fully saturated rings. The van der Waals surface area contributed by atoms with Crippen LogP contribution in [0.3, 0.4) is 0 Å². The number of nitrogens with zero attached hydrogens (tertiary/aromatic N) is 1. The predicted octanol–water partition coefficient (Wildman–Crippen LogP) is 3.88. The van der Waals surface area contributed by atoms with Crippen molar-refractivity contribution in [1.82, 2.24) is 4.98 Å². The highest BCUT2D eigenvalue weighted by atomic mass is 35.5. The number of hydrogen-bond acceptors (Lipinski definition) is 3. The molecule has 3 nitrogen and oxygen atoms in total. The number of hydrogen-bond donors (Lipinski definition) is 0.